The predicted octanol–water partition coefficient (Wildman–Crippen LogP) is 2.75. The number of halogens is 4. The first-order valence-electron chi connectivity index (χ1n) is 4.43. The van der Waals surface area contributed by atoms with E-state index in [1.165, 1.54) is 0 Å². The molecule has 0 saturated carbocycles. The van der Waals surface area contributed by atoms with E-state index in [1.54, 1.807) is 0 Å². The zero-order chi connectivity index (χ0) is 14.0. The Bertz CT molecular complexity index is 613. The molecule has 98 valence electrons. The maximum Gasteiger partial charge on any atom is 0.509 e. The summed E-state index contributed by atoms with van der Waals surface area (Å²) in [5, 5.41) is 3.02. The van der Waals surface area contributed by atoms with Crippen molar-refractivity contribution in [1.82, 2.24) is 0 Å². The van der Waals surface area contributed by atoms with Gasteiger partial charge in [0.1, 0.15) is 0 Å². The molecule has 0 unspecified atom stereocenters. The van der Waals surface area contributed by atoms with Gasteiger partial charge in [-0.2, -0.15) is 0 Å². The van der Waals surface area contributed by atoms with Crippen LogP contribution in [0.15, 0.2) is 23.3 Å². The molecule has 0 N–H and O–H groups in total. The van der Waals surface area contributed by atoms with Crippen molar-refractivity contribution in [2.45, 2.75) is 5.75 Å². The fourth-order valence-corrected chi connectivity index (χ4v) is 2.22. The lowest BCUT2D eigenvalue weighted by atomic mass is 9.79. The van der Waals surface area contributed by atoms with Crippen LogP contribution in [0.1, 0.15) is 5.56 Å². The number of hydrogen-bond acceptors (Lipinski definition) is 3. The van der Waals surface area contributed by atoms with Crippen molar-refractivity contribution in [3.8, 4) is 0 Å². The third kappa shape index (κ3) is 4.48. The van der Waals surface area contributed by atoms with Crippen molar-refractivity contribution in [3.05, 3.63) is 34.2 Å². The first-order chi connectivity index (χ1) is 8.12. The van der Waals surface area contributed by atoms with Gasteiger partial charge in [0.25, 0.3) is 0 Å². The monoisotopic (exact) mass is 298 g/mol. The van der Waals surface area contributed by atoms with E-state index in [-0.39, 0.29) is 11.3 Å². The molecule has 0 radical (unpaired) electrons. The first kappa shape index (κ1) is 14.7. The highest BCUT2D eigenvalue weighted by Gasteiger charge is 2.26. The standard InChI is InChI=1S/C7H5BClF3N3O2S/c9-18(16,17)4-5-1-6(8(10,11)12)3-7(2-5)14-15-13/h1-3H,4H2/q-1. The molecule has 0 aromatic heterocycles. The Labute approximate surface area is 105 Å². The second kappa shape index (κ2) is 5.09. The van der Waals surface area contributed by atoms with E-state index in [9.17, 15) is 21.4 Å². The van der Waals surface area contributed by atoms with Crippen molar-refractivity contribution in [2.24, 2.45) is 5.11 Å². The van der Waals surface area contributed by atoms with Crippen molar-refractivity contribution < 1.29 is 21.4 Å². The minimum absolute atomic E-state index is 0.191. The molecule has 11 heteroatoms. The smallest absolute Gasteiger partial charge is 0.445 e. The van der Waals surface area contributed by atoms with E-state index in [0.717, 1.165) is 6.07 Å². The van der Waals surface area contributed by atoms with Gasteiger partial charge >= 0.3 is 6.98 Å². The molecular weight excluding hydrogens is 293 g/mol. The zero-order valence-electron chi connectivity index (χ0n) is 8.59. The molecule has 0 heterocycles. The Morgan fingerprint density at radius 1 is 1.33 bits per heavy atom. The molecule has 0 atom stereocenters. The second-order valence-electron chi connectivity index (χ2n) is 3.38. The van der Waals surface area contributed by atoms with Gasteiger partial charge < -0.3 is 12.9 Å². The highest BCUT2D eigenvalue weighted by molar-refractivity contribution is 8.13. The Balaban J connectivity index is 3.35. The fraction of sp³-hybridized carbons (Fsp3) is 0.143. The van der Waals surface area contributed by atoms with Gasteiger partial charge in [-0.3, -0.25) is 0 Å². The van der Waals surface area contributed by atoms with Crippen molar-refractivity contribution in [3.63, 3.8) is 0 Å². The highest BCUT2D eigenvalue weighted by Crippen LogP contribution is 2.20. The van der Waals surface area contributed by atoms with Crippen LogP contribution in [0.25, 0.3) is 10.4 Å². The molecule has 1 aromatic rings. The average Bonchev–Trinajstić information content (AvgIpc) is 2.13. The fourth-order valence-electron chi connectivity index (χ4n) is 1.28. The minimum Gasteiger partial charge on any atom is -0.445 e. The number of rotatable bonds is 4. The van der Waals surface area contributed by atoms with E-state index in [1.807, 2.05) is 0 Å². The zero-order valence-corrected chi connectivity index (χ0v) is 10.2. The van der Waals surface area contributed by atoms with Crippen LogP contribution in [0.4, 0.5) is 18.6 Å². The summed E-state index contributed by atoms with van der Waals surface area (Å²) in [6, 6.07) is 2.34. The van der Waals surface area contributed by atoms with Gasteiger partial charge in [0.05, 0.1) is 5.75 Å². The summed E-state index contributed by atoms with van der Waals surface area (Å²) in [7, 11) is 0.962. The van der Waals surface area contributed by atoms with Crippen LogP contribution in [0, 0.1) is 0 Å². The van der Waals surface area contributed by atoms with E-state index in [0.29, 0.717) is 12.1 Å². The van der Waals surface area contributed by atoms with Crippen LogP contribution in [-0.4, -0.2) is 15.4 Å². The molecule has 0 saturated heterocycles. The van der Waals surface area contributed by atoms with Gasteiger partial charge in [0.15, 0.2) is 0 Å². The summed E-state index contributed by atoms with van der Waals surface area (Å²) in [4.78, 5) is 2.35. The summed E-state index contributed by atoms with van der Waals surface area (Å²) in [5.74, 6) is -0.775. The molecule has 0 fully saturated rings. The topological polar surface area (TPSA) is 82.9 Å². The van der Waals surface area contributed by atoms with E-state index < -0.39 is 27.2 Å². The maximum absolute atomic E-state index is 12.6. The van der Waals surface area contributed by atoms with Gasteiger partial charge in [0.2, 0.25) is 9.05 Å². The molecule has 1 aromatic carbocycles. The molecule has 0 aliphatic rings. The number of hydrogen-bond donors (Lipinski definition) is 0. The summed E-state index contributed by atoms with van der Waals surface area (Å²) in [6.07, 6.45) is 0. The predicted molar refractivity (Wildman–Crippen MR) is 62.4 cm³/mol. The maximum atomic E-state index is 12.6. The molecule has 0 aliphatic heterocycles. The average molecular weight is 298 g/mol. The molecule has 5 nitrogen and oxygen atoms in total. The lowest BCUT2D eigenvalue weighted by Crippen LogP contribution is -2.34. The molecular formula is C7H5BClF3N3O2S-. The molecule has 18 heavy (non-hydrogen) atoms. The van der Waals surface area contributed by atoms with Crippen LogP contribution in [0.2, 0.25) is 0 Å². The first-order valence-corrected chi connectivity index (χ1v) is 6.91. The molecule has 1 rings (SSSR count). The van der Waals surface area contributed by atoms with Crippen LogP contribution in [-0.2, 0) is 14.8 Å². The highest BCUT2D eigenvalue weighted by atomic mass is 35.7. The third-order valence-corrected chi connectivity index (χ3v) is 2.88. The van der Waals surface area contributed by atoms with Gasteiger partial charge in [0, 0.05) is 21.3 Å². The third-order valence-electron chi connectivity index (χ3n) is 1.88. The van der Waals surface area contributed by atoms with Crippen molar-refractivity contribution in [2.75, 3.05) is 0 Å². The van der Waals surface area contributed by atoms with Crippen LogP contribution in [0.3, 0.4) is 0 Å². The summed E-state index contributed by atoms with van der Waals surface area (Å²) >= 11 is 0. The largest absolute Gasteiger partial charge is 0.509 e. The normalized spacial score (nSPS) is 12.0. The van der Waals surface area contributed by atoms with Crippen molar-refractivity contribution in [1.29, 1.82) is 0 Å². The van der Waals surface area contributed by atoms with E-state index >= 15 is 0 Å². The van der Waals surface area contributed by atoms with Gasteiger partial charge in [-0.25, -0.2) is 8.42 Å². The van der Waals surface area contributed by atoms with Crippen LogP contribution in [0.5, 0.6) is 0 Å². The van der Waals surface area contributed by atoms with Crippen LogP contribution >= 0.6 is 10.7 Å². The van der Waals surface area contributed by atoms with Crippen LogP contribution < -0.4 is 5.46 Å². The van der Waals surface area contributed by atoms with Gasteiger partial charge in [-0.15, -0.1) is 5.46 Å². The van der Waals surface area contributed by atoms with Gasteiger partial charge in [-0.05, 0) is 17.2 Å². The summed E-state index contributed by atoms with van der Waals surface area (Å²) < 4.78 is 59.3. The molecule has 0 spiro atoms. The Morgan fingerprint density at radius 2 is 1.94 bits per heavy atom. The molecule has 0 aliphatic carbocycles. The van der Waals surface area contributed by atoms with E-state index in [2.05, 4.69) is 10.0 Å². The summed E-state index contributed by atoms with van der Waals surface area (Å²) in [6.45, 7) is -5.33. The Kier molecular flexibility index (Phi) is 4.15. The quantitative estimate of drug-likeness (QED) is 0.281. The second-order valence-corrected chi connectivity index (χ2v) is 6.16. The number of azide groups is 1. The Morgan fingerprint density at radius 3 is 2.39 bits per heavy atom. The molecule has 0 bridgehead atoms. The summed E-state index contributed by atoms with van der Waals surface area (Å²) in [5.41, 5.74) is 6.62. The lowest BCUT2D eigenvalue weighted by Gasteiger charge is -2.16. The lowest BCUT2D eigenvalue weighted by molar-refractivity contribution is 0.501. The van der Waals surface area contributed by atoms with E-state index in [4.69, 9.17) is 16.2 Å². The van der Waals surface area contributed by atoms with Gasteiger partial charge in [-0.1, -0.05) is 17.2 Å². The molecule has 0 amide bonds. The minimum atomic E-state index is -5.33. The van der Waals surface area contributed by atoms with Crippen molar-refractivity contribution >= 4 is 37.9 Å². The SMILES string of the molecule is [N-]=[N+]=Nc1cc(CS(=O)(=O)Cl)cc([B-](F)(F)F)c1. The number of nitrogens with zero attached hydrogens (tertiary/aromatic N) is 3. The Hall–Kier alpha value is -1.38. The number of benzene rings is 1.